The van der Waals surface area contributed by atoms with Crippen LogP contribution in [-0.2, 0) is 6.54 Å². The molecule has 29 heavy (non-hydrogen) atoms. The molecule has 7 heteroatoms. The van der Waals surface area contributed by atoms with Crippen molar-refractivity contribution in [2.24, 2.45) is 0 Å². The van der Waals surface area contributed by atoms with Gasteiger partial charge in [0.15, 0.2) is 11.5 Å². The fraction of sp³-hybridized carbons (Fsp3) is 0.364. The Morgan fingerprint density at radius 3 is 2.86 bits per heavy atom. The standard InChI is InChI=1S/C22H22ClN3O3/c23-15-5-6-17-16(12-15)22(27)25-21(24-17)13-26-8-1-3-18(26)14-4-7-19-20(11-14)29-10-2-9-28-19/h4-7,11-12,18H,1-3,8-10,13H2,(H,24,25,27). The SMILES string of the molecule is O=c1[nH]c(CN2CCCC2c2ccc3c(c2)OCCCO3)nc2ccc(Cl)cc12. The molecule has 1 saturated heterocycles. The third-order valence-electron chi connectivity index (χ3n) is 5.59. The summed E-state index contributed by atoms with van der Waals surface area (Å²) in [5.41, 5.74) is 1.72. The van der Waals surface area contributed by atoms with Gasteiger partial charge in [-0.1, -0.05) is 17.7 Å². The largest absolute Gasteiger partial charge is 0.490 e. The van der Waals surface area contributed by atoms with Crippen molar-refractivity contribution in [3.05, 3.63) is 63.2 Å². The number of hydrogen-bond donors (Lipinski definition) is 1. The summed E-state index contributed by atoms with van der Waals surface area (Å²) in [5.74, 6) is 2.31. The molecule has 3 heterocycles. The quantitative estimate of drug-likeness (QED) is 0.703. The highest BCUT2D eigenvalue weighted by molar-refractivity contribution is 6.31. The number of hydrogen-bond acceptors (Lipinski definition) is 5. The lowest BCUT2D eigenvalue weighted by molar-refractivity contribution is 0.241. The Balaban J connectivity index is 1.42. The summed E-state index contributed by atoms with van der Waals surface area (Å²) in [6, 6.07) is 11.7. The van der Waals surface area contributed by atoms with Gasteiger partial charge in [-0.2, -0.15) is 0 Å². The van der Waals surface area contributed by atoms with E-state index in [2.05, 4.69) is 27.0 Å². The fourth-order valence-electron chi connectivity index (χ4n) is 4.21. The van der Waals surface area contributed by atoms with E-state index < -0.39 is 0 Å². The second-order valence-electron chi connectivity index (χ2n) is 7.56. The number of benzene rings is 2. The van der Waals surface area contributed by atoms with Crippen LogP contribution in [-0.4, -0.2) is 34.6 Å². The number of ether oxygens (including phenoxy) is 2. The highest BCUT2D eigenvalue weighted by Gasteiger charge is 2.28. The van der Waals surface area contributed by atoms with Crippen LogP contribution in [0.4, 0.5) is 0 Å². The molecule has 1 atom stereocenters. The van der Waals surface area contributed by atoms with Crippen LogP contribution >= 0.6 is 11.6 Å². The van der Waals surface area contributed by atoms with Crippen molar-refractivity contribution in [2.75, 3.05) is 19.8 Å². The molecule has 2 aliphatic heterocycles. The molecular formula is C22H22ClN3O3. The molecule has 5 rings (SSSR count). The van der Waals surface area contributed by atoms with E-state index in [1.54, 1.807) is 18.2 Å². The molecule has 1 fully saturated rings. The van der Waals surface area contributed by atoms with Gasteiger partial charge in [0.1, 0.15) is 5.82 Å². The molecule has 0 amide bonds. The number of fused-ring (bicyclic) bond motifs is 2. The first-order valence-electron chi connectivity index (χ1n) is 9.99. The van der Waals surface area contributed by atoms with Crippen LogP contribution < -0.4 is 15.0 Å². The zero-order valence-corrected chi connectivity index (χ0v) is 16.7. The van der Waals surface area contributed by atoms with Gasteiger partial charge >= 0.3 is 0 Å². The topological polar surface area (TPSA) is 67.5 Å². The minimum absolute atomic E-state index is 0.154. The van der Waals surface area contributed by atoms with Crippen molar-refractivity contribution >= 4 is 22.5 Å². The first-order chi connectivity index (χ1) is 14.2. The molecule has 2 aromatic carbocycles. The summed E-state index contributed by atoms with van der Waals surface area (Å²) in [7, 11) is 0. The minimum Gasteiger partial charge on any atom is -0.490 e. The number of nitrogens with one attached hydrogen (secondary N) is 1. The van der Waals surface area contributed by atoms with Gasteiger partial charge in [0.05, 0.1) is 30.7 Å². The van der Waals surface area contributed by atoms with Gasteiger partial charge in [-0.05, 0) is 55.3 Å². The Morgan fingerprint density at radius 1 is 1.10 bits per heavy atom. The van der Waals surface area contributed by atoms with E-state index in [9.17, 15) is 4.79 Å². The Kier molecular flexibility index (Phi) is 4.89. The van der Waals surface area contributed by atoms with Gasteiger partial charge in [0, 0.05) is 17.5 Å². The Labute approximate surface area is 173 Å². The summed E-state index contributed by atoms with van der Waals surface area (Å²) in [4.78, 5) is 22.4. The average molecular weight is 412 g/mol. The van der Waals surface area contributed by atoms with Crippen LogP contribution in [0.3, 0.4) is 0 Å². The van der Waals surface area contributed by atoms with Crippen molar-refractivity contribution in [3.8, 4) is 11.5 Å². The molecule has 3 aromatic rings. The molecule has 6 nitrogen and oxygen atoms in total. The Bertz CT molecular complexity index is 1110. The van der Waals surface area contributed by atoms with Crippen molar-refractivity contribution in [2.45, 2.75) is 31.8 Å². The normalized spacial score (nSPS) is 19.4. The van der Waals surface area contributed by atoms with Crippen LogP contribution in [0.1, 0.15) is 36.7 Å². The lowest BCUT2D eigenvalue weighted by Crippen LogP contribution is -2.25. The lowest BCUT2D eigenvalue weighted by Gasteiger charge is -2.25. The number of H-pyrrole nitrogens is 1. The van der Waals surface area contributed by atoms with Crippen LogP contribution in [0.2, 0.25) is 5.02 Å². The van der Waals surface area contributed by atoms with Crippen LogP contribution in [0.15, 0.2) is 41.2 Å². The predicted octanol–water partition coefficient (Wildman–Crippen LogP) is 4.07. The maximum absolute atomic E-state index is 12.5. The number of aromatic nitrogens is 2. The average Bonchev–Trinajstić information content (AvgIpc) is 3.04. The number of likely N-dealkylation sites (tertiary alicyclic amines) is 1. The summed E-state index contributed by atoms with van der Waals surface area (Å²) in [6.07, 6.45) is 3.06. The Morgan fingerprint density at radius 2 is 1.97 bits per heavy atom. The van der Waals surface area contributed by atoms with Crippen LogP contribution in [0.5, 0.6) is 11.5 Å². The summed E-state index contributed by atoms with van der Waals surface area (Å²) in [5, 5.41) is 1.05. The van der Waals surface area contributed by atoms with Gasteiger partial charge in [-0.3, -0.25) is 9.69 Å². The maximum Gasteiger partial charge on any atom is 0.258 e. The van der Waals surface area contributed by atoms with Gasteiger partial charge in [-0.15, -0.1) is 0 Å². The number of halogens is 1. The van der Waals surface area contributed by atoms with E-state index in [-0.39, 0.29) is 11.6 Å². The monoisotopic (exact) mass is 411 g/mol. The summed E-state index contributed by atoms with van der Waals surface area (Å²) >= 11 is 6.01. The highest BCUT2D eigenvalue weighted by Crippen LogP contribution is 2.38. The molecule has 0 aliphatic carbocycles. The third kappa shape index (κ3) is 3.70. The first-order valence-corrected chi connectivity index (χ1v) is 10.4. The van der Waals surface area contributed by atoms with Gasteiger partial charge in [0.25, 0.3) is 5.56 Å². The summed E-state index contributed by atoms with van der Waals surface area (Å²) < 4.78 is 11.6. The molecular weight excluding hydrogens is 390 g/mol. The molecule has 2 aliphatic rings. The molecule has 1 aromatic heterocycles. The third-order valence-corrected chi connectivity index (χ3v) is 5.82. The van der Waals surface area contributed by atoms with E-state index in [0.29, 0.717) is 41.5 Å². The van der Waals surface area contributed by atoms with Crippen molar-refractivity contribution in [3.63, 3.8) is 0 Å². The van der Waals surface area contributed by atoms with E-state index in [1.807, 2.05) is 6.07 Å². The second-order valence-corrected chi connectivity index (χ2v) is 8.00. The smallest absolute Gasteiger partial charge is 0.258 e. The highest BCUT2D eigenvalue weighted by atomic mass is 35.5. The fourth-order valence-corrected chi connectivity index (χ4v) is 4.38. The van der Waals surface area contributed by atoms with Gasteiger partial charge < -0.3 is 14.5 Å². The van der Waals surface area contributed by atoms with Crippen molar-refractivity contribution < 1.29 is 9.47 Å². The van der Waals surface area contributed by atoms with E-state index in [1.165, 1.54) is 5.56 Å². The zero-order chi connectivity index (χ0) is 19.8. The van der Waals surface area contributed by atoms with Crippen molar-refractivity contribution in [1.29, 1.82) is 0 Å². The maximum atomic E-state index is 12.5. The van der Waals surface area contributed by atoms with Gasteiger partial charge in [0.2, 0.25) is 0 Å². The predicted molar refractivity (Wildman–Crippen MR) is 112 cm³/mol. The number of aromatic amines is 1. The first kappa shape index (κ1) is 18.5. The van der Waals surface area contributed by atoms with E-state index in [0.717, 1.165) is 37.3 Å². The number of nitrogens with zero attached hydrogens (tertiary/aromatic N) is 2. The summed E-state index contributed by atoms with van der Waals surface area (Å²) in [6.45, 7) is 2.92. The minimum atomic E-state index is -0.154. The second kappa shape index (κ2) is 7.69. The van der Waals surface area contributed by atoms with Crippen LogP contribution in [0.25, 0.3) is 10.9 Å². The van der Waals surface area contributed by atoms with Crippen molar-refractivity contribution in [1.82, 2.24) is 14.9 Å². The number of rotatable bonds is 3. The molecule has 1 unspecified atom stereocenters. The molecule has 0 radical (unpaired) electrons. The van der Waals surface area contributed by atoms with Crippen LogP contribution in [0, 0.1) is 0 Å². The molecule has 150 valence electrons. The molecule has 0 bridgehead atoms. The lowest BCUT2D eigenvalue weighted by atomic mass is 10.0. The van der Waals surface area contributed by atoms with E-state index >= 15 is 0 Å². The molecule has 0 saturated carbocycles. The Hall–Kier alpha value is -2.57. The molecule has 1 N–H and O–H groups in total. The zero-order valence-electron chi connectivity index (χ0n) is 16.0. The van der Waals surface area contributed by atoms with E-state index in [4.69, 9.17) is 21.1 Å². The molecule has 0 spiro atoms. The van der Waals surface area contributed by atoms with Gasteiger partial charge in [-0.25, -0.2) is 4.98 Å².